The van der Waals surface area contributed by atoms with E-state index in [-0.39, 0.29) is 5.69 Å². The van der Waals surface area contributed by atoms with Crippen LogP contribution in [0.25, 0.3) is 0 Å². The first-order valence-corrected chi connectivity index (χ1v) is 5.59. The quantitative estimate of drug-likeness (QED) is 0.446. The lowest BCUT2D eigenvalue weighted by atomic mass is 10.3. The van der Waals surface area contributed by atoms with Gasteiger partial charge in [0.05, 0.1) is 17.9 Å². The molecule has 1 aromatic heterocycles. The lowest BCUT2D eigenvalue weighted by Gasteiger charge is -2.06. The number of benzene rings is 1. The molecule has 0 N–H and O–H groups in total. The van der Waals surface area contributed by atoms with Crippen LogP contribution in [0.3, 0.4) is 0 Å². The van der Waals surface area contributed by atoms with Crippen molar-refractivity contribution >= 4 is 5.69 Å². The highest BCUT2D eigenvalue weighted by Crippen LogP contribution is 2.17. The molecule has 1 heterocycles. The van der Waals surface area contributed by atoms with Crippen molar-refractivity contribution in [2.75, 3.05) is 6.61 Å². The maximum atomic E-state index is 10.5. The number of nitrogens with zero attached hydrogens (tertiary/aromatic N) is 3. The number of imidazole rings is 1. The first kappa shape index (κ1) is 12.1. The highest BCUT2D eigenvalue weighted by Gasteiger charge is 2.03. The van der Waals surface area contributed by atoms with Gasteiger partial charge in [-0.15, -0.1) is 0 Å². The highest BCUT2D eigenvalue weighted by molar-refractivity contribution is 5.35. The van der Waals surface area contributed by atoms with Gasteiger partial charge in [0.2, 0.25) is 0 Å². The summed E-state index contributed by atoms with van der Waals surface area (Å²) in [4.78, 5) is 14.0. The van der Waals surface area contributed by atoms with Crippen LogP contribution >= 0.6 is 0 Å². The molecule has 1 aromatic carbocycles. The van der Waals surface area contributed by atoms with Gasteiger partial charge in [0.25, 0.3) is 5.69 Å². The monoisotopic (exact) mass is 247 g/mol. The van der Waals surface area contributed by atoms with Gasteiger partial charge < -0.3 is 9.30 Å². The molecular weight excluding hydrogens is 234 g/mol. The van der Waals surface area contributed by atoms with Gasteiger partial charge >= 0.3 is 0 Å². The van der Waals surface area contributed by atoms with E-state index in [2.05, 4.69) is 4.98 Å². The fourth-order valence-corrected chi connectivity index (χ4v) is 1.52. The summed E-state index contributed by atoms with van der Waals surface area (Å²) < 4.78 is 7.45. The van der Waals surface area contributed by atoms with Crippen molar-refractivity contribution in [1.29, 1.82) is 0 Å². The summed E-state index contributed by atoms with van der Waals surface area (Å²) >= 11 is 0. The Morgan fingerprint density at radius 2 is 2.11 bits per heavy atom. The minimum atomic E-state index is -0.428. The number of aromatic nitrogens is 2. The first-order valence-electron chi connectivity index (χ1n) is 5.59. The summed E-state index contributed by atoms with van der Waals surface area (Å²) in [5.74, 6) is 0.645. The molecule has 0 radical (unpaired) electrons. The van der Waals surface area contributed by atoms with Crippen LogP contribution in [-0.2, 0) is 6.54 Å². The van der Waals surface area contributed by atoms with Crippen LogP contribution in [0, 0.1) is 10.1 Å². The zero-order valence-corrected chi connectivity index (χ0v) is 9.73. The van der Waals surface area contributed by atoms with Gasteiger partial charge in [-0.3, -0.25) is 10.1 Å². The molecule has 6 nitrogen and oxygen atoms in total. The Kier molecular flexibility index (Phi) is 3.90. The maximum absolute atomic E-state index is 10.5. The third-order valence-corrected chi connectivity index (χ3v) is 2.44. The summed E-state index contributed by atoms with van der Waals surface area (Å²) in [6, 6.07) is 6.08. The zero-order chi connectivity index (χ0) is 12.8. The van der Waals surface area contributed by atoms with Gasteiger partial charge in [0, 0.05) is 31.1 Å². The molecule has 94 valence electrons. The van der Waals surface area contributed by atoms with E-state index in [1.54, 1.807) is 24.7 Å². The van der Waals surface area contributed by atoms with Gasteiger partial charge in [0.15, 0.2) is 0 Å². The molecule has 0 fully saturated rings. The second-order valence-corrected chi connectivity index (χ2v) is 3.75. The number of hydrogen-bond donors (Lipinski definition) is 0. The molecule has 0 aliphatic carbocycles. The predicted octanol–water partition coefficient (Wildman–Crippen LogP) is 2.26. The summed E-state index contributed by atoms with van der Waals surface area (Å²) in [6.07, 6.45) is 6.24. The van der Waals surface area contributed by atoms with Crippen LogP contribution in [0.1, 0.15) is 6.42 Å². The molecule has 2 aromatic rings. The van der Waals surface area contributed by atoms with Crippen LogP contribution in [0.5, 0.6) is 5.75 Å². The van der Waals surface area contributed by atoms with Gasteiger partial charge in [-0.25, -0.2) is 4.98 Å². The van der Waals surface area contributed by atoms with E-state index in [0.29, 0.717) is 12.4 Å². The van der Waals surface area contributed by atoms with Crippen LogP contribution in [0.2, 0.25) is 0 Å². The van der Waals surface area contributed by atoms with Crippen molar-refractivity contribution in [2.45, 2.75) is 13.0 Å². The Morgan fingerprint density at radius 3 is 2.72 bits per heavy atom. The third kappa shape index (κ3) is 3.31. The average molecular weight is 247 g/mol. The molecule has 0 bridgehead atoms. The Morgan fingerprint density at radius 1 is 1.33 bits per heavy atom. The minimum absolute atomic E-state index is 0.0702. The second kappa shape index (κ2) is 5.81. The fourth-order valence-electron chi connectivity index (χ4n) is 1.52. The molecule has 6 heteroatoms. The Hall–Kier alpha value is -2.37. The largest absolute Gasteiger partial charge is 0.494 e. The third-order valence-electron chi connectivity index (χ3n) is 2.44. The number of aryl methyl sites for hydroxylation is 1. The molecule has 0 atom stereocenters. The Bertz CT molecular complexity index is 494. The number of non-ortho nitro benzene ring substituents is 1. The van der Waals surface area contributed by atoms with Crippen molar-refractivity contribution in [3.8, 4) is 5.75 Å². The van der Waals surface area contributed by atoms with Crippen molar-refractivity contribution in [3.63, 3.8) is 0 Å². The summed E-state index contributed by atoms with van der Waals surface area (Å²) in [5, 5.41) is 10.5. The van der Waals surface area contributed by atoms with Crippen molar-refractivity contribution in [1.82, 2.24) is 9.55 Å². The summed E-state index contributed by atoms with van der Waals surface area (Å²) in [6.45, 7) is 1.41. The predicted molar refractivity (Wildman–Crippen MR) is 65.4 cm³/mol. The molecule has 0 saturated carbocycles. The van der Waals surface area contributed by atoms with E-state index in [0.717, 1.165) is 13.0 Å². The standard InChI is InChI=1S/C12H13N3O3/c16-15(17)11-2-4-12(5-3-11)18-9-1-7-14-8-6-13-10-14/h2-6,8,10H,1,7,9H2. The molecule has 2 rings (SSSR count). The normalized spacial score (nSPS) is 10.2. The molecule has 0 aliphatic heterocycles. The molecule has 0 spiro atoms. The Labute approximate surface area is 104 Å². The van der Waals surface area contributed by atoms with Crippen molar-refractivity contribution < 1.29 is 9.66 Å². The highest BCUT2D eigenvalue weighted by atomic mass is 16.6. The molecule has 0 saturated heterocycles. The van der Waals surface area contributed by atoms with Gasteiger partial charge in [-0.2, -0.15) is 0 Å². The number of hydrogen-bond acceptors (Lipinski definition) is 4. The van der Waals surface area contributed by atoms with Gasteiger partial charge in [-0.1, -0.05) is 0 Å². The molecule has 0 aliphatic rings. The maximum Gasteiger partial charge on any atom is 0.269 e. The van der Waals surface area contributed by atoms with E-state index < -0.39 is 4.92 Å². The van der Waals surface area contributed by atoms with E-state index in [9.17, 15) is 10.1 Å². The first-order chi connectivity index (χ1) is 8.75. The second-order valence-electron chi connectivity index (χ2n) is 3.75. The van der Waals surface area contributed by atoms with E-state index in [4.69, 9.17) is 4.74 Å². The van der Waals surface area contributed by atoms with E-state index in [1.165, 1.54) is 12.1 Å². The molecule has 18 heavy (non-hydrogen) atoms. The SMILES string of the molecule is O=[N+]([O-])c1ccc(OCCCn2ccnc2)cc1. The minimum Gasteiger partial charge on any atom is -0.494 e. The lowest BCUT2D eigenvalue weighted by molar-refractivity contribution is -0.384. The van der Waals surface area contributed by atoms with Crippen molar-refractivity contribution in [2.24, 2.45) is 0 Å². The van der Waals surface area contributed by atoms with E-state index >= 15 is 0 Å². The smallest absolute Gasteiger partial charge is 0.269 e. The lowest BCUT2D eigenvalue weighted by Crippen LogP contribution is -2.03. The zero-order valence-electron chi connectivity index (χ0n) is 9.73. The van der Waals surface area contributed by atoms with E-state index in [1.807, 2.05) is 10.8 Å². The van der Waals surface area contributed by atoms with Gasteiger partial charge in [-0.05, 0) is 18.6 Å². The number of rotatable bonds is 6. The Balaban J connectivity index is 1.75. The molecule has 0 amide bonds. The van der Waals surface area contributed by atoms with Gasteiger partial charge in [0.1, 0.15) is 5.75 Å². The number of nitro benzene ring substituents is 1. The van der Waals surface area contributed by atoms with Crippen LogP contribution in [0.15, 0.2) is 43.0 Å². The number of ether oxygens (including phenoxy) is 1. The molecular formula is C12H13N3O3. The van der Waals surface area contributed by atoms with Crippen LogP contribution in [-0.4, -0.2) is 21.1 Å². The molecule has 0 unspecified atom stereocenters. The summed E-state index contributed by atoms with van der Waals surface area (Å²) in [7, 11) is 0. The fraction of sp³-hybridized carbons (Fsp3) is 0.250. The topological polar surface area (TPSA) is 70.2 Å². The summed E-state index contributed by atoms with van der Waals surface area (Å²) in [5.41, 5.74) is 0.0702. The van der Waals surface area contributed by atoms with Crippen molar-refractivity contribution in [3.05, 3.63) is 53.1 Å². The number of nitro groups is 1. The average Bonchev–Trinajstić information content (AvgIpc) is 2.88. The van der Waals surface area contributed by atoms with Crippen LogP contribution in [0.4, 0.5) is 5.69 Å². The van der Waals surface area contributed by atoms with Crippen LogP contribution < -0.4 is 4.74 Å².